The number of amides is 2. The van der Waals surface area contributed by atoms with Crippen LogP contribution in [0.15, 0.2) is 18.3 Å². The Balaban J connectivity index is 1.90. The molecule has 2 rings (SSSR count). The number of hydrogen-bond donors (Lipinski definition) is 1. The number of methoxy groups -OCH3 is 1. The molecule has 1 N–H and O–H groups in total. The molecule has 0 saturated carbocycles. The Kier molecular flexibility index (Phi) is 4.02. The van der Waals surface area contributed by atoms with E-state index >= 15 is 0 Å². The normalized spacial score (nSPS) is 16.4. The number of ether oxygens (including phenoxy) is 1. The Morgan fingerprint density at radius 1 is 1.44 bits per heavy atom. The number of nitrogens with zero attached hydrogens (tertiary/aromatic N) is 2. The van der Waals surface area contributed by atoms with Crippen LogP contribution in [0.2, 0.25) is 0 Å². The molecule has 0 radical (unpaired) electrons. The first-order valence-electron chi connectivity index (χ1n) is 6.25. The van der Waals surface area contributed by atoms with Crippen LogP contribution in [0, 0.1) is 5.92 Å². The van der Waals surface area contributed by atoms with Gasteiger partial charge in [-0.25, -0.2) is 9.78 Å². The summed E-state index contributed by atoms with van der Waals surface area (Å²) in [6, 6.07) is 3.47. The number of carbonyl (C=O) groups excluding carboxylic acids is 1. The summed E-state index contributed by atoms with van der Waals surface area (Å²) in [6.45, 7) is 3.88. The number of nitrogens with one attached hydrogen (secondary N) is 1. The first-order valence-corrected chi connectivity index (χ1v) is 6.25. The third-order valence-electron chi connectivity index (χ3n) is 3.27. The summed E-state index contributed by atoms with van der Waals surface area (Å²) in [6.07, 6.45) is 3.76. The Bertz CT molecular complexity index is 397. The Hall–Kier alpha value is -1.78. The van der Waals surface area contributed by atoms with E-state index in [4.69, 9.17) is 4.74 Å². The summed E-state index contributed by atoms with van der Waals surface area (Å²) in [4.78, 5) is 17.9. The number of urea groups is 1. The number of hydrogen-bond acceptors (Lipinski definition) is 3. The average Bonchev–Trinajstić information content (AvgIpc) is 2.40. The van der Waals surface area contributed by atoms with E-state index in [0.29, 0.717) is 11.6 Å². The van der Waals surface area contributed by atoms with Crippen molar-refractivity contribution in [1.29, 1.82) is 0 Å². The summed E-state index contributed by atoms with van der Waals surface area (Å²) in [5.41, 5.74) is 0.694. The molecule has 5 nitrogen and oxygen atoms in total. The van der Waals surface area contributed by atoms with Crippen LogP contribution in [0.1, 0.15) is 19.8 Å². The molecule has 0 aliphatic carbocycles. The molecule has 0 bridgehead atoms. The van der Waals surface area contributed by atoms with Gasteiger partial charge in [0.05, 0.1) is 19.0 Å². The average molecular weight is 249 g/mol. The lowest BCUT2D eigenvalue weighted by Gasteiger charge is -2.30. The second-order valence-corrected chi connectivity index (χ2v) is 4.69. The molecule has 1 aromatic heterocycles. The molecule has 1 saturated heterocycles. The second kappa shape index (κ2) is 5.71. The molecule has 98 valence electrons. The van der Waals surface area contributed by atoms with E-state index in [0.717, 1.165) is 31.8 Å². The van der Waals surface area contributed by atoms with Crippen molar-refractivity contribution in [1.82, 2.24) is 9.88 Å². The molecule has 1 aliphatic rings. The van der Waals surface area contributed by atoms with Crippen molar-refractivity contribution in [2.75, 3.05) is 25.5 Å². The van der Waals surface area contributed by atoms with Gasteiger partial charge in [0.2, 0.25) is 5.88 Å². The van der Waals surface area contributed by atoms with E-state index < -0.39 is 0 Å². The van der Waals surface area contributed by atoms with E-state index in [1.54, 1.807) is 25.4 Å². The first-order chi connectivity index (χ1) is 8.69. The largest absolute Gasteiger partial charge is 0.481 e. The van der Waals surface area contributed by atoms with Crippen LogP contribution in [-0.2, 0) is 0 Å². The summed E-state index contributed by atoms with van der Waals surface area (Å²) < 4.78 is 4.97. The summed E-state index contributed by atoms with van der Waals surface area (Å²) in [5.74, 6) is 1.26. The van der Waals surface area contributed by atoms with Gasteiger partial charge >= 0.3 is 6.03 Å². The minimum Gasteiger partial charge on any atom is -0.481 e. The van der Waals surface area contributed by atoms with E-state index in [-0.39, 0.29) is 6.03 Å². The zero-order chi connectivity index (χ0) is 13.0. The summed E-state index contributed by atoms with van der Waals surface area (Å²) >= 11 is 0. The predicted octanol–water partition coefficient (Wildman–Crippen LogP) is 2.35. The van der Waals surface area contributed by atoms with Gasteiger partial charge in [-0.15, -0.1) is 0 Å². The first kappa shape index (κ1) is 12.7. The lowest BCUT2D eigenvalue weighted by molar-refractivity contribution is 0.186. The number of pyridine rings is 1. The number of anilines is 1. The number of rotatable bonds is 2. The van der Waals surface area contributed by atoms with Gasteiger partial charge in [-0.1, -0.05) is 6.92 Å². The van der Waals surface area contributed by atoms with Crippen molar-refractivity contribution in [2.45, 2.75) is 19.8 Å². The van der Waals surface area contributed by atoms with Crippen molar-refractivity contribution in [3.8, 4) is 5.88 Å². The maximum Gasteiger partial charge on any atom is 0.321 e. The lowest BCUT2D eigenvalue weighted by Crippen LogP contribution is -2.40. The van der Waals surface area contributed by atoms with Gasteiger partial charge in [-0.05, 0) is 24.8 Å². The lowest BCUT2D eigenvalue weighted by atomic mass is 10.00. The van der Waals surface area contributed by atoms with E-state index in [9.17, 15) is 4.79 Å². The van der Waals surface area contributed by atoms with Crippen LogP contribution in [0.5, 0.6) is 5.88 Å². The molecular weight excluding hydrogens is 230 g/mol. The molecular formula is C13H19N3O2. The van der Waals surface area contributed by atoms with Gasteiger partial charge in [0.15, 0.2) is 0 Å². The molecule has 0 aromatic carbocycles. The Labute approximate surface area is 107 Å². The molecule has 2 heterocycles. The molecule has 1 aromatic rings. The van der Waals surface area contributed by atoms with Gasteiger partial charge in [0.25, 0.3) is 0 Å². The molecule has 0 atom stereocenters. The molecule has 5 heteroatoms. The minimum atomic E-state index is -0.0473. The topological polar surface area (TPSA) is 54.5 Å². The fourth-order valence-electron chi connectivity index (χ4n) is 1.99. The molecule has 0 unspecified atom stereocenters. The quantitative estimate of drug-likeness (QED) is 0.875. The third-order valence-corrected chi connectivity index (χ3v) is 3.27. The summed E-state index contributed by atoms with van der Waals surface area (Å²) in [7, 11) is 1.56. The molecule has 1 fully saturated rings. The van der Waals surface area contributed by atoms with Crippen molar-refractivity contribution < 1.29 is 9.53 Å². The van der Waals surface area contributed by atoms with Gasteiger partial charge in [0, 0.05) is 19.2 Å². The van der Waals surface area contributed by atoms with Crippen LogP contribution in [0.4, 0.5) is 10.5 Å². The SMILES string of the molecule is COc1ccc(NC(=O)N2CCC(C)CC2)cn1. The van der Waals surface area contributed by atoms with Gasteiger partial charge in [-0.3, -0.25) is 0 Å². The van der Waals surface area contributed by atoms with E-state index in [2.05, 4.69) is 17.2 Å². The third kappa shape index (κ3) is 3.12. The van der Waals surface area contributed by atoms with Crippen molar-refractivity contribution >= 4 is 11.7 Å². The Morgan fingerprint density at radius 3 is 2.72 bits per heavy atom. The minimum absolute atomic E-state index is 0.0473. The van der Waals surface area contributed by atoms with Crippen LogP contribution in [0.25, 0.3) is 0 Å². The van der Waals surface area contributed by atoms with E-state index in [1.165, 1.54) is 0 Å². The highest BCUT2D eigenvalue weighted by atomic mass is 16.5. The maximum absolute atomic E-state index is 12.0. The fraction of sp³-hybridized carbons (Fsp3) is 0.538. The Morgan fingerprint density at radius 2 is 2.17 bits per heavy atom. The molecule has 0 spiro atoms. The smallest absolute Gasteiger partial charge is 0.321 e. The van der Waals surface area contributed by atoms with Crippen LogP contribution >= 0.6 is 0 Å². The predicted molar refractivity (Wildman–Crippen MR) is 69.8 cm³/mol. The van der Waals surface area contributed by atoms with Crippen molar-refractivity contribution in [3.05, 3.63) is 18.3 Å². The summed E-state index contributed by atoms with van der Waals surface area (Å²) in [5, 5.41) is 2.85. The highest BCUT2D eigenvalue weighted by molar-refractivity contribution is 5.89. The monoisotopic (exact) mass is 249 g/mol. The van der Waals surface area contributed by atoms with E-state index in [1.807, 2.05) is 4.90 Å². The van der Waals surface area contributed by atoms with Gasteiger partial charge in [0.1, 0.15) is 0 Å². The van der Waals surface area contributed by atoms with Crippen LogP contribution in [-0.4, -0.2) is 36.1 Å². The van der Waals surface area contributed by atoms with Crippen LogP contribution in [0.3, 0.4) is 0 Å². The van der Waals surface area contributed by atoms with Gasteiger partial charge in [-0.2, -0.15) is 0 Å². The fourth-order valence-corrected chi connectivity index (χ4v) is 1.99. The van der Waals surface area contributed by atoms with Crippen molar-refractivity contribution in [2.24, 2.45) is 5.92 Å². The number of carbonyl (C=O) groups is 1. The zero-order valence-corrected chi connectivity index (χ0v) is 10.8. The zero-order valence-electron chi connectivity index (χ0n) is 10.8. The standard InChI is InChI=1S/C13H19N3O2/c1-10-5-7-16(8-6-10)13(17)15-11-3-4-12(18-2)14-9-11/h3-4,9-10H,5-8H2,1-2H3,(H,15,17). The van der Waals surface area contributed by atoms with Crippen molar-refractivity contribution in [3.63, 3.8) is 0 Å². The number of likely N-dealkylation sites (tertiary alicyclic amines) is 1. The molecule has 2 amide bonds. The number of piperidine rings is 1. The maximum atomic E-state index is 12.0. The highest BCUT2D eigenvalue weighted by Crippen LogP contribution is 2.17. The molecule has 18 heavy (non-hydrogen) atoms. The second-order valence-electron chi connectivity index (χ2n) is 4.69. The highest BCUT2D eigenvalue weighted by Gasteiger charge is 2.20. The van der Waals surface area contributed by atoms with Gasteiger partial charge < -0.3 is 15.0 Å². The van der Waals surface area contributed by atoms with Crippen LogP contribution < -0.4 is 10.1 Å². The number of aromatic nitrogens is 1. The molecule has 1 aliphatic heterocycles.